The predicted octanol–water partition coefficient (Wildman–Crippen LogP) is 4.26. The van der Waals surface area contributed by atoms with Crippen LogP contribution >= 0.6 is 11.6 Å². The van der Waals surface area contributed by atoms with Gasteiger partial charge in [-0.2, -0.15) is 5.26 Å². The first-order valence-electron chi connectivity index (χ1n) is 7.07. The maximum absolute atomic E-state index is 12.7. The molecular formula is C18H17ClN2O. The number of nitriles is 1. The molecule has 112 valence electrons. The zero-order valence-electron chi connectivity index (χ0n) is 12.6. The molecule has 0 aliphatic carbocycles. The Morgan fingerprint density at radius 3 is 2.59 bits per heavy atom. The first-order valence-corrected chi connectivity index (χ1v) is 7.44. The van der Waals surface area contributed by atoms with Crippen LogP contribution in [0.2, 0.25) is 5.02 Å². The number of amides is 1. The molecule has 0 spiro atoms. The highest BCUT2D eigenvalue weighted by Crippen LogP contribution is 2.17. The monoisotopic (exact) mass is 312 g/mol. The Morgan fingerprint density at radius 1 is 1.23 bits per heavy atom. The van der Waals surface area contributed by atoms with Gasteiger partial charge in [0.1, 0.15) is 0 Å². The largest absolute Gasteiger partial charge is 0.332 e. The molecule has 0 N–H and O–H groups in total. The Morgan fingerprint density at radius 2 is 1.95 bits per heavy atom. The normalized spacial score (nSPS) is 10.3. The Bertz CT molecular complexity index is 719. The van der Waals surface area contributed by atoms with Gasteiger partial charge in [0.05, 0.1) is 11.6 Å². The van der Waals surface area contributed by atoms with Crippen LogP contribution in [-0.4, -0.2) is 16.8 Å². The van der Waals surface area contributed by atoms with E-state index in [0.717, 1.165) is 5.56 Å². The minimum Gasteiger partial charge on any atom is -0.332 e. The van der Waals surface area contributed by atoms with Crippen LogP contribution in [0.1, 0.15) is 35.3 Å². The highest BCUT2D eigenvalue weighted by molar-refractivity contribution is 6.30. The van der Waals surface area contributed by atoms with Gasteiger partial charge in [-0.05, 0) is 49.7 Å². The van der Waals surface area contributed by atoms with Gasteiger partial charge >= 0.3 is 0 Å². The van der Waals surface area contributed by atoms with E-state index in [0.29, 0.717) is 22.7 Å². The molecule has 0 saturated carbocycles. The number of nitrogens with zero attached hydrogens (tertiary/aromatic N) is 2. The van der Waals surface area contributed by atoms with Crippen molar-refractivity contribution in [2.45, 2.75) is 26.4 Å². The van der Waals surface area contributed by atoms with Gasteiger partial charge in [0.25, 0.3) is 5.91 Å². The smallest absolute Gasteiger partial charge is 0.254 e. The zero-order chi connectivity index (χ0) is 16.1. The van der Waals surface area contributed by atoms with Crippen LogP contribution < -0.4 is 0 Å². The fourth-order valence-corrected chi connectivity index (χ4v) is 2.42. The number of carbonyl (C=O) groups is 1. The van der Waals surface area contributed by atoms with Crippen LogP contribution in [-0.2, 0) is 6.54 Å². The van der Waals surface area contributed by atoms with Crippen LogP contribution in [0.3, 0.4) is 0 Å². The zero-order valence-corrected chi connectivity index (χ0v) is 13.3. The van der Waals surface area contributed by atoms with E-state index in [9.17, 15) is 4.79 Å². The number of halogens is 1. The highest BCUT2D eigenvalue weighted by Gasteiger charge is 2.19. The standard InChI is InChI=1S/C18H17ClN2O/c1-13(2)21(12-15-6-4-8-17(19)10-15)18(22)16-7-3-5-14(9-16)11-20/h3-10,13H,12H2,1-2H3. The average molecular weight is 313 g/mol. The molecule has 2 aromatic rings. The molecule has 0 unspecified atom stereocenters. The summed E-state index contributed by atoms with van der Waals surface area (Å²) in [5.41, 5.74) is 1.98. The number of rotatable bonds is 4. The fourth-order valence-electron chi connectivity index (χ4n) is 2.21. The van der Waals surface area contributed by atoms with E-state index in [2.05, 4.69) is 6.07 Å². The molecule has 0 aliphatic rings. The molecule has 22 heavy (non-hydrogen) atoms. The molecule has 0 bridgehead atoms. The van der Waals surface area contributed by atoms with Crippen molar-refractivity contribution in [2.24, 2.45) is 0 Å². The van der Waals surface area contributed by atoms with Crippen molar-refractivity contribution in [1.29, 1.82) is 5.26 Å². The van der Waals surface area contributed by atoms with Gasteiger partial charge in [0, 0.05) is 23.2 Å². The summed E-state index contributed by atoms with van der Waals surface area (Å²) in [6.07, 6.45) is 0. The van der Waals surface area contributed by atoms with Gasteiger partial charge in [-0.3, -0.25) is 4.79 Å². The van der Waals surface area contributed by atoms with Crippen molar-refractivity contribution in [2.75, 3.05) is 0 Å². The van der Waals surface area contributed by atoms with Crippen molar-refractivity contribution < 1.29 is 4.79 Å². The van der Waals surface area contributed by atoms with Crippen LogP contribution in [0.25, 0.3) is 0 Å². The molecule has 0 heterocycles. The molecule has 0 radical (unpaired) electrons. The van der Waals surface area contributed by atoms with Crippen molar-refractivity contribution in [3.63, 3.8) is 0 Å². The van der Waals surface area contributed by atoms with Crippen molar-refractivity contribution in [3.8, 4) is 6.07 Å². The molecule has 0 atom stereocenters. The Balaban J connectivity index is 2.27. The van der Waals surface area contributed by atoms with E-state index in [1.165, 1.54) is 0 Å². The second-order valence-electron chi connectivity index (χ2n) is 5.35. The molecular weight excluding hydrogens is 296 g/mol. The first kappa shape index (κ1) is 16.1. The Labute approximate surface area is 135 Å². The van der Waals surface area contributed by atoms with Crippen LogP contribution in [0.15, 0.2) is 48.5 Å². The molecule has 1 amide bonds. The lowest BCUT2D eigenvalue weighted by Crippen LogP contribution is -2.36. The third-order valence-electron chi connectivity index (χ3n) is 3.36. The lowest BCUT2D eigenvalue weighted by molar-refractivity contribution is 0.0690. The van der Waals surface area contributed by atoms with Gasteiger partial charge in [-0.15, -0.1) is 0 Å². The second kappa shape index (κ2) is 7.11. The lowest BCUT2D eigenvalue weighted by atomic mass is 10.1. The van der Waals surface area contributed by atoms with Crippen molar-refractivity contribution in [1.82, 2.24) is 4.90 Å². The molecule has 0 aliphatic heterocycles. The predicted molar refractivity (Wildman–Crippen MR) is 87.6 cm³/mol. The number of hydrogen-bond donors (Lipinski definition) is 0. The number of carbonyl (C=O) groups excluding carboxylic acids is 1. The summed E-state index contributed by atoms with van der Waals surface area (Å²) in [5.74, 6) is -0.0907. The van der Waals surface area contributed by atoms with E-state index < -0.39 is 0 Å². The summed E-state index contributed by atoms with van der Waals surface area (Å²) >= 11 is 6.00. The molecule has 4 heteroatoms. The number of benzene rings is 2. The summed E-state index contributed by atoms with van der Waals surface area (Å²) in [6, 6.07) is 16.3. The molecule has 0 saturated heterocycles. The van der Waals surface area contributed by atoms with Gasteiger partial charge in [0.15, 0.2) is 0 Å². The Hall–Kier alpha value is -2.31. The Kier molecular flexibility index (Phi) is 5.19. The maximum Gasteiger partial charge on any atom is 0.254 e. The minimum atomic E-state index is -0.0907. The molecule has 2 aromatic carbocycles. The average Bonchev–Trinajstić information content (AvgIpc) is 2.52. The van der Waals surface area contributed by atoms with Crippen LogP contribution in [0, 0.1) is 11.3 Å². The quantitative estimate of drug-likeness (QED) is 0.846. The molecule has 0 aromatic heterocycles. The summed E-state index contributed by atoms with van der Waals surface area (Å²) in [6.45, 7) is 4.42. The van der Waals surface area contributed by atoms with Gasteiger partial charge in [-0.1, -0.05) is 29.8 Å². The maximum atomic E-state index is 12.7. The summed E-state index contributed by atoms with van der Waals surface area (Å²) in [4.78, 5) is 14.5. The van der Waals surface area contributed by atoms with Gasteiger partial charge < -0.3 is 4.90 Å². The fraction of sp³-hybridized carbons (Fsp3) is 0.222. The summed E-state index contributed by atoms with van der Waals surface area (Å²) in [5, 5.41) is 9.62. The lowest BCUT2D eigenvalue weighted by Gasteiger charge is -2.27. The molecule has 0 fully saturated rings. The highest BCUT2D eigenvalue weighted by atomic mass is 35.5. The van der Waals surface area contributed by atoms with Crippen LogP contribution in [0.5, 0.6) is 0 Å². The molecule has 2 rings (SSSR count). The van der Waals surface area contributed by atoms with E-state index in [1.54, 1.807) is 29.2 Å². The van der Waals surface area contributed by atoms with Crippen molar-refractivity contribution in [3.05, 3.63) is 70.2 Å². The topological polar surface area (TPSA) is 44.1 Å². The van der Waals surface area contributed by atoms with E-state index in [1.807, 2.05) is 38.1 Å². The first-order chi connectivity index (χ1) is 10.5. The third kappa shape index (κ3) is 3.87. The van der Waals surface area contributed by atoms with E-state index >= 15 is 0 Å². The summed E-state index contributed by atoms with van der Waals surface area (Å²) < 4.78 is 0. The third-order valence-corrected chi connectivity index (χ3v) is 3.60. The number of hydrogen-bond acceptors (Lipinski definition) is 2. The minimum absolute atomic E-state index is 0.0391. The van der Waals surface area contributed by atoms with Gasteiger partial charge in [0.2, 0.25) is 0 Å². The summed E-state index contributed by atoms with van der Waals surface area (Å²) in [7, 11) is 0. The molecule has 3 nitrogen and oxygen atoms in total. The van der Waals surface area contributed by atoms with E-state index in [-0.39, 0.29) is 11.9 Å². The van der Waals surface area contributed by atoms with Crippen molar-refractivity contribution >= 4 is 17.5 Å². The van der Waals surface area contributed by atoms with E-state index in [4.69, 9.17) is 16.9 Å². The van der Waals surface area contributed by atoms with Gasteiger partial charge in [-0.25, -0.2) is 0 Å². The SMILES string of the molecule is CC(C)N(Cc1cccc(Cl)c1)C(=O)c1cccc(C#N)c1. The van der Waals surface area contributed by atoms with Crippen LogP contribution in [0.4, 0.5) is 0 Å². The second-order valence-corrected chi connectivity index (χ2v) is 5.79.